The highest BCUT2D eigenvalue weighted by molar-refractivity contribution is 7.92. The smallest absolute Gasteiger partial charge is 0.262 e. The van der Waals surface area contributed by atoms with Crippen LogP contribution in [0.4, 0.5) is 5.69 Å². The molecule has 0 aliphatic heterocycles. The van der Waals surface area contributed by atoms with E-state index >= 15 is 0 Å². The van der Waals surface area contributed by atoms with Gasteiger partial charge in [0.1, 0.15) is 0 Å². The van der Waals surface area contributed by atoms with E-state index in [1.807, 2.05) is 6.07 Å². The van der Waals surface area contributed by atoms with Crippen LogP contribution in [0, 0.1) is 6.92 Å². The van der Waals surface area contributed by atoms with Crippen LogP contribution >= 0.6 is 11.6 Å². The molecule has 21 heavy (non-hydrogen) atoms. The van der Waals surface area contributed by atoms with Crippen LogP contribution in [0.1, 0.15) is 11.1 Å². The number of sulfonamides is 1. The van der Waals surface area contributed by atoms with Crippen LogP contribution < -0.4 is 10.0 Å². The molecule has 0 aliphatic carbocycles. The molecule has 0 saturated carbocycles. The molecule has 0 radical (unpaired) electrons. The van der Waals surface area contributed by atoms with Crippen LogP contribution in [0.2, 0.25) is 5.02 Å². The first-order valence-corrected chi connectivity index (χ1v) is 8.32. The summed E-state index contributed by atoms with van der Waals surface area (Å²) < 4.78 is 27.8. The molecule has 2 aromatic rings. The number of hydrogen-bond acceptors (Lipinski definition) is 3. The van der Waals surface area contributed by atoms with Crippen molar-refractivity contribution in [2.45, 2.75) is 18.4 Å². The molecule has 4 nitrogen and oxygen atoms in total. The van der Waals surface area contributed by atoms with Gasteiger partial charge in [-0.25, -0.2) is 8.42 Å². The lowest BCUT2D eigenvalue weighted by Gasteiger charge is -2.14. The van der Waals surface area contributed by atoms with Gasteiger partial charge >= 0.3 is 0 Å². The SMILES string of the molecule is CNCc1ccccc1S(=O)(=O)Nc1cccc(Cl)c1C. The summed E-state index contributed by atoms with van der Waals surface area (Å²) in [5.41, 5.74) is 1.91. The first-order valence-electron chi connectivity index (χ1n) is 6.46. The summed E-state index contributed by atoms with van der Waals surface area (Å²) in [5.74, 6) is 0. The van der Waals surface area contributed by atoms with Crippen LogP contribution in [-0.4, -0.2) is 15.5 Å². The van der Waals surface area contributed by atoms with Gasteiger partial charge in [0.05, 0.1) is 10.6 Å². The molecule has 2 aromatic carbocycles. The zero-order valence-electron chi connectivity index (χ0n) is 11.9. The molecule has 6 heteroatoms. The molecule has 112 valence electrons. The third-order valence-electron chi connectivity index (χ3n) is 3.14. The van der Waals surface area contributed by atoms with Gasteiger partial charge in [-0.1, -0.05) is 35.9 Å². The summed E-state index contributed by atoms with van der Waals surface area (Å²) >= 11 is 6.02. The Labute approximate surface area is 130 Å². The molecule has 0 heterocycles. The number of halogens is 1. The molecule has 0 saturated heterocycles. The molecule has 0 spiro atoms. The fourth-order valence-corrected chi connectivity index (χ4v) is 3.56. The maximum atomic E-state index is 12.6. The molecular formula is C15H17ClN2O2S. The largest absolute Gasteiger partial charge is 0.316 e. The molecule has 0 amide bonds. The van der Waals surface area contributed by atoms with Crippen molar-refractivity contribution in [1.82, 2.24) is 5.32 Å². The summed E-state index contributed by atoms with van der Waals surface area (Å²) in [7, 11) is -1.88. The van der Waals surface area contributed by atoms with Crippen molar-refractivity contribution in [3.8, 4) is 0 Å². The second kappa shape index (κ2) is 6.47. The summed E-state index contributed by atoms with van der Waals surface area (Å²) in [6.07, 6.45) is 0. The Hall–Kier alpha value is -1.56. The number of nitrogens with one attached hydrogen (secondary N) is 2. The summed E-state index contributed by atoms with van der Waals surface area (Å²) in [5, 5.41) is 3.49. The maximum Gasteiger partial charge on any atom is 0.262 e. The van der Waals surface area contributed by atoms with Crippen LogP contribution in [0.15, 0.2) is 47.4 Å². The quantitative estimate of drug-likeness (QED) is 0.888. The van der Waals surface area contributed by atoms with Gasteiger partial charge in [0.2, 0.25) is 0 Å². The lowest BCUT2D eigenvalue weighted by molar-refractivity contribution is 0.599. The van der Waals surface area contributed by atoms with E-state index in [0.717, 1.165) is 0 Å². The van der Waals surface area contributed by atoms with Crippen LogP contribution in [0.25, 0.3) is 0 Å². The van der Waals surface area contributed by atoms with E-state index in [1.165, 1.54) is 0 Å². The van der Waals surface area contributed by atoms with E-state index < -0.39 is 10.0 Å². The highest BCUT2D eigenvalue weighted by Crippen LogP contribution is 2.26. The molecule has 0 unspecified atom stereocenters. The second-order valence-corrected chi connectivity index (χ2v) is 6.71. The van der Waals surface area contributed by atoms with Gasteiger partial charge in [0.25, 0.3) is 10.0 Å². The minimum atomic E-state index is -3.65. The van der Waals surface area contributed by atoms with Gasteiger partial charge in [-0.3, -0.25) is 4.72 Å². The van der Waals surface area contributed by atoms with Gasteiger partial charge in [0, 0.05) is 11.6 Å². The van der Waals surface area contributed by atoms with Crippen LogP contribution in [0.3, 0.4) is 0 Å². The van der Waals surface area contributed by atoms with Crippen molar-refractivity contribution in [1.29, 1.82) is 0 Å². The van der Waals surface area contributed by atoms with Crippen molar-refractivity contribution in [3.05, 3.63) is 58.6 Å². The fraction of sp³-hybridized carbons (Fsp3) is 0.200. The Morgan fingerprint density at radius 1 is 1.10 bits per heavy atom. The van der Waals surface area contributed by atoms with Crippen molar-refractivity contribution >= 4 is 27.3 Å². The van der Waals surface area contributed by atoms with E-state index in [4.69, 9.17) is 11.6 Å². The van der Waals surface area contributed by atoms with Gasteiger partial charge < -0.3 is 5.32 Å². The highest BCUT2D eigenvalue weighted by Gasteiger charge is 2.19. The third kappa shape index (κ3) is 3.56. The average Bonchev–Trinajstić information content (AvgIpc) is 2.44. The van der Waals surface area contributed by atoms with Crippen molar-refractivity contribution < 1.29 is 8.42 Å². The monoisotopic (exact) mass is 324 g/mol. The number of anilines is 1. The van der Waals surface area contributed by atoms with E-state index in [1.54, 1.807) is 50.4 Å². The maximum absolute atomic E-state index is 12.6. The minimum Gasteiger partial charge on any atom is -0.316 e. The van der Waals surface area contributed by atoms with E-state index in [-0.39, 0.29) is 4.90 Å². The summed E-state index contributed by atoms with van der Waals surface area (Å²) in [6.45, 7) is 2.26. The van der Waals surface area contributed by atoms with Crippen LogP contribution in [0.5, 0.6) is 0 Å². The number of benzene rings is 2. The second-order valence-electron chi connectivity index (χ2n) is 4.66. The van der Waals surface area contributed by atoms with Gasteiger partial charge in [-0.15, -0.1) is 0 Å². The predicted molar refractivity (Wildman–Crippen MR) is 86.2 cm³/mol. The third-order valence-corrected chi connectivity index (χ3v) is 5.02. The lowest BCUT2D eigenvalue weighted by Crippen LogP contribution is -2.17. The number of rotatable bonds is 5. The fourth-order valence-electron chi connectivity index (χ4n) is 2.02. The molecule has 2 rings (SSSR count). The first kappa shape index (κ1) is 15.8. The molecule has 0 bridgehead atoms. The summed E-state index contributed by atoms with van der Waals surface area (Å²) in [4.78, 5) is 0.263. The minimum absolute atomic E-state index is 0.263. The Balaban J connectivity index is 2.41. The average molecular weight is 325 g/mol. The predicted octanol–water partition coefficient (Wildman–Crippen LogP) is 3.17. The Morgan fingerprint density at radius 2 is 1.81 bits per heavy atom. The Morgan fingerprint density at radius 3 is 2.52 bits per heavy atom. The number of hydrogen-bond donors (Lipinski definition) is 2. The van der Waals surface area contributed by atoms with E-state index in [2.05, 4.69) is 10.0 Å². The Bertz CT molecular complexity index is 745. The van der Waals surface area contributed by atoms with Crippen molar-refractivity contribution in [2.24, 2.45) is 0 Å². The molecular weight excluding hydrogens is 308 g/mol. The molecule has 2 N–H and O–H groups in total. The molecule has 0 aromatic heterocycles. The Kier molecular flexibility index (Phi) is 4.88. The van der Waals surface area contributed by atoms with Crippen LogP contribution in [-0.2, 0) is 16.6 Å². The molecule has 0 atom stereocenters. The van der Waals surface area contributed by atoms with E-state index in [9.17, 15) is 8.42 Å². The molecule has 0 fully saturated rings. The van der Waals surface area contributed by atoms with E-state index in [0.29, 0.717) is 28.4 Å². The molecule has 0 aliphatic rings. The van der Waals surface area contributed by atoms with Gasteiger partial charge in [-0.05, 0) is 43.3 Å². The summed E-state index contributed by atoms with van der Waals surface area (Å²) in [6, 6.07) is 12.0. The van der Waals surface area contributed by atoms with Crippen molar-refractivity contribution in [3.63, 3.8) is 0 Å². The van der Waals surface area contributed by atoms with Crippen molar-refractivity contribution in [2.75, 3.05) is 11.8 Å². The first-order chi connectivity index (χ1) is 9.95. The van der Waals surface area contributed by atoms with Gasteiger partial charge in [0.15, 0.2) is 0 Å². The normalized spacial score (nSPS) is 11.4. The zero-order chi connectivity index (χ0) is 15.5. The highest BCUT2D eigenvalue weighted by atomic mass is 35.5. The topological polar surface area (TPSA) is 58.2 Å². The standard InChI is InChI=1S/C15H17ClN2O2S/c1-11-13(16)7-5-8-14(11)18-21(19,20)15-9-4-3-6-12(15)10-17-2/h3-9,17-18H,10H2,1-2H3. The van der Waals surface area contributed by atoms with Gasteiger partial charge in [-0.2, -0.15) is 0 Å². The lowest BCUT2D eigenvalue weighted by atomic mass is 10.2. The zero-order valence-corrected chi connectivity index (χ0v) is 13.4.